The molecule has 0 bridgehead atoms. The number of hydrogen-bond acceptors (Lipinski definition) is 5. The number of nitrogens with zero attached hydrogens (tertiary/aromatic N) is 3. The summed E-state index contributed by atoms with van der Waals surface area (Å²) in [5, 5.41) is 10.6. The van der Waals surface area contributed by atoms with Gasteiger partial charge in [-0.2, -0.15) is 0 Å². The number of aliphatic hydroxyl groups is 1. The Kier molecular flexibility index (Phi) is 5.15. The van der Waals surface area contributed by atoms with Crippen LogP contribution in [0.4, 0.5) is 0 Å². The predicted molar refractivity (Wildman–Crippen MR) is 87.6 cm³/mol. The van der Waals surface area contributed by atoms with Crippen molar-refractivity contribution < 1.29 is 5.11 Å². The number of rotatable bonds is 5. The SMILES string of the molecule is C/C(Cl)=C/Cn1c(SCC(C)O)nc2c1c(=O)[nH]c(=O)n2C. The maximum atomic E-state index is 12.1. The third-order valence-corrected chi connectivity index (χ3v) is 4.35. The molecule has 0 amide bonds. The molecule has 1 unspecified atom stereocenters. The van der Waals surface area contributed by atoms with Crippen LogP contribution >= 0.6 is 23.4 Å². The predicted octanol–water partition coefficient (Wildman–Crippen LogP) is 1.04. The number of aromatic nitrogens is 4. The van der Waals surface area contributed by atoms with E-state index in [1.165, 1.54) is 16.3 Å². The first-order valence-electron chi connectivity index (χ1n) is 6.64. The lowest BCUT2D eigenvalue weighted by Crippen LogP contribution is -2.29. The van der Waals surface area contributed by atoms with Gasteiger partial charge in [0.05, 0.1) is 6.10 Å². The van der Waals surface area contributed by atoms with Gasteiger partial charge in [-0.3, -0.25) is 14.3 Å². The van der Waals surface area contributed by atoms with Crippen molar-refractivity contribution in [3.63, 3.8) is 0 Å². The summed E-state index contributed by atoms with van der Waals surface area (Å²) in [6.07, 6.45) is 1.24. The van der Waals surface area contributed by atoms with Gasteiger partial charge in [0.2, 0.25) is 0 Å². The van der Waals surface area contributed by atoms with Crippen LogP contribution in [-0.2, 0) is 13.6 Å². The molecule has 2 N–H and O–H groups in total. The summed E-state index contributed by atoms with van der Waals surface area (Å²) in [5.74, 6) is 0.429. The van der Waals surface area contributed by atoms with E-state index in [0.717, 1.165) is 0 Å². The van der Waals surface area contributed by atoms with E-state index in [0.29, 0.717) is 33.7 Å². The van der Waals surface area contributed by atoms with Gasteiger partial charge in [-0.15, -0.1) is 0 Å². The number of H-pyrrole nitrogens is 1. The van der Waals surface area contributed by atoms with E-state index in [2.05, 4.69) is 9.97 Å². The van der Waals surface area contributed by atoms with Crippen LogP contribution in [0.3, 0.4) is 0 Å². The molecule has 2 rings (SSSR count). The lowest BCUT2D eigenvalue weighted by Gasteiger charge is -2.07. The van der Waals surface area contributed by atoms with E-state index in [9.17, 15) is 14.7 Å². The van der Waals surface area contributed by atoms with Crippen LogP contribution in [0.1, 0.15) is 13.8 Å². The van der Waals surface area contributed by atoms with Crippen molar-refractivity contribution in [3.05, 3.63) is 31.9 Å². The van der Waals surface area contributed by atoms with Gasteiger partial charge in [0.15, 0.2) is 16.3 Å². The van der Waals surface area contributed by atoms with E-state index in [1.807, 2.05) is 0 Å². The Bertz CT molecular complexity index is 830. The third-order valence-electron chi connectivity index (χ3n) is 2.98. The molecule has 9 heteroatoms. The van der Waals surface area contributed by atoms with Gasteiger partial charge >= 0.3 is 5.69 Å². The summed E-state index contributed by atoms with van der Waals surface area (Å²) in [6.45, 7) is 3.77. The van der Waals surface area contributed by atoms with Crippen molar-refractivity contribution in [2.24, 2.45) is 7.05 Å². The van der Waals surface area contributed by atoms with Crippen LogP contribution in [0.2, 0.25) is 0 Å². The van der Waals surface area contributed by atoms with E-state index in [4.69, 9.17) is 11.6 Å². The maximum absolute atomic E-state index is 12.1. The van der Waals surface area contributed by atoms with Crippen LogP contribution < -0.4 is 11.2 Å². The van der Waals surface area contributed by atoms with E-state index in [-0.39, 0.29) is 0 Å². The number of aromatic amines is 1. The summed E-state index contributed by atoms with van der Waals surface area (Å²) in [7, 11) is 1.55. The number of halogens is 1. The highest BCUT2D eigenvalue weighted by atomic mass is 35.5. The largest absolute Gasteiger partial charge is 0.393 e. The zero-order valence-corrected chi connectivity index (χ0v) is 14.0. The highest BCUT2D eigenvalue weighted by Crippen LogP contribution is 2.22. The summed E-state index contributed by atoms with van der Waals surface area (Å²) < 4.78 is 2.98. The molecule has 2 aromatic heterocycles. The Morgan fingerprint density at radius 3 is 2.82 bits per heavy atom. The fourth-order valence-electron chi connectivity index (χ4n) is 1.91. The molecule has 0 aromatic carbocycles. The van der Waals surface area contributed by atoms with Gasteiger partial charge in [0.25, 0.3) is 5.56 Å². The molecule has 0 saturated heterocycles. The molecular formula is C13H17ClN4O3S. The lowest BCUT2D eigenvalue weighted by molar-refractivity contribution is 0.220. The highest BCUT2D eigenvalue weighted by molar-refractivity contribution is 7.99. The van der Waals surface area contributed by atoms with Crippen molar-refractivity contribution in [1.29, 1.82) is 0 Å². The minimum atomic E-state index is -0.515. The molecule has 0 aliphatic rings. The van der Waals surface area contributed by atoms with Gasteiger partial charge in [-0.1, -0.05) is 29.4 Å². The summed E-state index contributed by atoms with van der Waals surface area (Å²) >= 11 is 7.18. The molecule has 0 aliphatic heterocycles. The number of aryl methyl sites for hydroxylation is 1. The van der Waals surface area contributed by atoms with Crippen LogP contribution in [0.15, 0.2) is 25.9 Å². The Morgan fingerprint density at radius 1 is 1.55 bits per heavy atom. The second kappa shape index (κ2) is 6.72. The zero-order valence-electron chi connectivity index (χ0n) is 12.5. The second-order valence-corrected chi connectivity index (χ2v) is 6.53. The van der Waals surface area contributed by atoms with E-state index >= 15 is 0 Å². The Morgan fingerprint density at radius 2 is 2.23 bits per heavy atom. The Labute approximate surface area is 135 Å². The minimum absolute atomic E-state index is 0.308. The first kappa shape index (κ1) is 16.9. The van der Waals surface area contributed by atoms with Crippen molar-refractivity contribution in [2.75, 3.05) is 5.75 Å². The fraction of sp³-hybridized carbons (Fsp3) is 0.462. The summed E-state index contributed by atoms with van der Waals surface area (Å²) in [4.78, 5) is 30.4. The van der Waals surface area contributed by atoms with Crippen molar-refractivity contribution in [2.45, 2.75) is 31.7 Å². The average Bonchev–Trinajstić information content (AvgIpc) is 2.79. The van der Waals surface area contributed by atoms with Crippen LogP contribution in [-0.4, -0.2) is 36.1 Å². The van der Waals surface area contributed by atoms with Crippen molar-refractivity contribution in [1.82, 2.24) is 19.1 Å². The molecule has 2 aromatic rings. The topological polar surface area (TPSA) is 92.9 Å². The molecule has 0 fully saturated rings. The minimum Gasteiger partial charge on any atom is -0.393 e. The molecule has 7 nitrogen and oxygen atoms in total. The number of hydrogen-bond donors (Lipinski definition) is 2. The zero-order chi connectivity index (χ0) is 16.4. The molecule has 22 heavy (non-hydrogen) atoms. The molecule has 120 valence electrons. The number of aliphatic hydroxyl groups excluding tert-OH is 1. The summed E-state index contributed by atoms with van der Waals surface area (Å²) in [5.41, 5.74) is -0.389. The van der Waals surface area contributed by atoms with Crippen LogP contribution in [0.25, 0.3) is 11.2 Å². The molecule has 1 atom stereocenters. The molecule has 0 aliphatic carbocycles. The molecule has 0 saturated carbocycles. The molecule has 2 heterocycles. The van der Waals surface area contributed by atoms with Crippen molar-refractivity contribution in [3.8, 4) is 0 Å². The second-order valence-electron chi connectivity index (χ2n) is 4.95. The standard InChI is InChI=1S/C13H17ClN4O3S/c1-7(14)4-5-18-9-10(15-13(18)22-6-8(2)19)17(3)12(21)16-11(9)20/h4,8,19H,5-6H2,1-3H3,(H,16,20,21)/b7-4-. The number of fused-ring (bicyclic) bond motifs is 1. The number of thioether (sulfide) groups is 1. The molecule has 0 radical (unpaired) electrons. The molecular weight excluding hydrogens is 328 g/mol. The lowest BCUT2D eigenvalue weighted by atomic mass is 10.4. The third kappa shape index (κ3) is 3.45. The quantitative estimate of drug-likeness (QED) is 0.790. The normalized spacial score (nSPS) is 13.8. The van der Waals surface area contributed by atoms with Gasteiger partial charge < -0.3 is 9.67 Å². The average molecular weight is 345 g/mol. The highest BCUT2D eigenvalue weighted by Gasteiger charge is 2.17. The van der Waals surface area contributed by atoms with Gasteiger partial charge in [0.1, 0.15) is 0 Å². The van der Waals surface area contributed by atoms with Gasteiger partial charge in [0, 0.05) is 24.4 Å². The van der Waals surface area contributed by atoms with Crippen molar-refractivity contribution >= 4 is 34.5 Å². The fourth-order valence-corrected chi connectivity index (χ4v) is 2.84. The van der Waals surface area contributed by atoms with E-state index in [1.54, 1.807) is 31.5 Å². The number of nitrogens with one attached hydrogen (secondary N) is 1. The number of imidazole rings is 1. The number of allylic oxidation sites excluding steroid dienone is 2. The van der Waals surface area contributed by atoms with Crippen LogP contribution in [0, 0.1) is 0 Å². The van der Waals surface area contributed by atoms with Gasteiger partial charge in [-0.25, -0.2) is 9.78 Å². The Balaban J connectivity index is 2.66. The monoisotopic (exact) mass is 344 g/mol. The van der Waals surface area contributed by atoms with E-state index < -0.39 is 17.4 Å². The smallest absolute Gasteiger partial charge is 0.329 e. The first-order valence-corrected chi connectivity index (χ1v) is 8.00. The summed E-state index contributed by atoms with van der Waals surface area (Å²) in [6, 6.07) is 0. The first-order chi connectivity index (χ1) is 10.3. The molecule has 0 spiro atoms. The van der Waals surface area contributed by atoms with Crippen LogP contribution in [0.5, 0.6) is 0 Å². The van der Waals surface area contributed by atoms with Gasteiger partial charge in [-0.05, 0) is 13.8 Å². The Hall–Kier alpha value is -1.51. The maximum Gasteiger partial charge on any atom is 0.329 e.